The number of amides is 2. The largest absolute Gasteiger partial charge is 0.447 e. The fourth-order valence-corrected chi connectivity index (χ4v) is 4.92. The van der Waals surface area contributed by atoms with E-state index in [9.17, 15) is 9.59 Å². The Balaban J connectivity index is 1.44. The molecular weight excluding hydrogens is 402 g/mol. The van der Waals surface area contributed by atoms with Crippen molar-refractivity contribution in [1.82, 2.24) is 4.90 Å². The summed E-state index contributed by atoms with van der Waals surface area (Å²) in [5, 5.41) is 0. The van der Waals surface area contributed by atoms with Crippen molar-refractivity contribution in [3.8, 4) is 0 Å². The highest BCUT2D eigenvalue weighted by Gasteiger charge is 2.41. The summed E-state index contributed by atoms with van der Waals surface area (Å²) in [5.74, 6) is 0.0435. The molecule has 0 bridgehead atoms. The quantitative estimate of drug-likeness (QED) is 0.531. The fraction of sp³-hybridized carbons (Fsp3) is 0.481. The number of imide groups is 1. The minimum atomic E-state index is -0.521. The van der Waals surface area contributed by atoms with Crippen LogP contribution in [0.15, 0.2) is 60.7 Å². The lowest BCUT2D eigenvalue weighted by atomic mass is 9.82. The lowest BCUT2D eigenvalue weighted by Crippen LogP contribution is -2.45. The predicted molar refractivity (Wildman–Crippen MR) is 123 cm³/mol. The predicted octanol–water partition coefficient (Wildman–Crippen LogP) is 5.38. The number of rotatable bonds is 9. The summed E-state index contributed by atoms with van der Waals surface area (Å²) in [5.41, 5.74) is 2.18. The third-order valence-electron chi connectivity index (χ3n) is 6.64. The van der Waals surface area contributed by atoms with E-state index in [1.807, 2.05) is 60.7 Å². The molecule has 1 aliphatic carbocycles. The molecule has 0 aromatic heterocycles. The lowest BCUT2D eigenvalue weighted by Gasteiger charge is -2.29. The average molecular weight is 436 g/mol. The van der Waals surface area contributed by atoms with Gasteiger partial charge in [-0.1, -0.05) is 92.8 Å². The lowest BCUT2D eigenvalue weighted by molar-refractivity contribution is -0.136. The van der Waals surface area contributed by atoms with Gasteiger partial charge in [-0.05, 0) is 29.9 Å². The van der Waals surface area contributed by atoms with Crippen molar-refractivity contribution in [2.24, 2.45) is 11.8 Å². The first-order valence-corrected chi connectivity index (χ1v) is 11.9. The van der Waals surface area contributed by atoms with E-state index in [1.165, 1.54) is 24.2 Å². The standard InChI is InChI=1S/C27H33NO4/c29-26(28-25(20-32-27(28)30)17-22-12-6-2-7-13-22)24(16-21-10-4-1-5-11-21)19-31-18-23-14-8-3-9-15-23/h2-3,6-9,12-15,21,24-25H,1,4-5,10-11,16-20H2. The van der Waals surface area contributed by atoms with Gasteiger partial charge in [0.25, 0.3) is 0 Å². The number of cyclic esters (lactones) is 1. The van der Waals surface area contributed by atoms with Crippen LogP contribution in [0.25, 0.3) is 0 Å². The van der Waals surface area contributed by atoms with Gasteiger partial charge < -0.3 is 9.47 Å². The summed E-state index contributed by atoms with van der Waals surface area (Å²) in [6.45, 7) is 1.04. The smallest absolute Gasteiger partial charge is 0.416 e. The van der Waals surface area contributed by atoms with Crippen LogP contribution in [0.3, 0.4) is 0 Å². The number of carbonyl (C=O) groups is 2. The van der Waals surface area contributed by atoms with E-state index in [1.54, 1.807) is 0 Å². The Labute approximate surface area is 190 Å². The average Bonchev–Trinajstić information content (AvgIpc) is 3.19. The molecule has 1 aliphatic heterocycles. The van der Waals surface area contributed by atoms with Crippen molar-refractivity contribution < 1.29 is 19.1 Å². The van der Waals surface area contributed by atoms with Crippen LogP contribution in [-0.4, -0.2) is 36.2 Å². The molecule has 1 heterocycles. The number of hydrogen-bond donors (Lipinski definition) is 0. The van der Waals surface area contributed by atoms with Crippen LogP contribution in [0.2, 0.25) is 0 Å². The number of hydrogen-bond acceptors (Lipinski definition) is 4. The summed E-state index contributed by atoms with van der Waals surface area (Å²) >= 11 is 0. The van der Waals surface area contributed by atoms with Crippen LogP contribution >= 0.6 is 0 Å². The van der Waals surface area contributed by atoms with E-state index < -0.39 is 6.09 Å². The van der Waals surface area contributed by atoms with Crippen LogP contribution in [-0.2, 0) is 27.3 Å². The Morgan fingerprint density at radius 1 is 0.969 bits per heavy atom. The van der Waals surface area contributed by atoms with Gasteiger partial charge in [-0.3, -0.25) is 4.79 Å². The van der Waals surface area contributed by atoms with Crippen molar-refractivity contribution >= 4 is 12.0 Å². The Hall–Kier alpha value is -2.66. The molecule has 2 unspecified atom stereocenters. The van der Waals surface area contributed by atoms with Gasteiger partial charge in [0.15, 0.2) is 0 Å². The van der Waals surface area contributed by atoms with Crippen molar-refractivity contribution in [3.05, 3.63) is 71.8 Å². The molecule has 4 rings (SSSR count). The van der Waals surface area contributed by atoms with E-state index in [4.69, 9.17) is 9.47 Å². The van der Waals surface area contributed by atoms with Gasteiger partial charge in [-0.2, -0.15) is 0 Å². The Kier molecular flexibility index (Phi) is 7.94. The first-order valence-electron chi connectivity index (χ1n) is 11.9. The molecule has 170 valence electrons. The minimum absolute atomic E-state index is 0.146. The number of carbonyl (C=O) groups excluding carboxylic acids is 2. The van der Waals surface area contributed by atoms with Gasteiger partial charge >= 0.3 is 6.09 Å². The van der Waals surface area contributed by atoms with Gasteiger partial charge in [-0.25, -0.2) is 9.69 Å². The Bertz CT molecular complexity index is 864. The number of nitrogens with zero attached hydrogens (tertiary/aromatic N) is 1. The van der Waals surface area contributed by atoms with E-state index in [-0.39, 0.29) is 24.5 Å². The Morgan fingerprint density at radius 3 is 2.31 bits per heavy atom. The molecular formula is C27H33NO4. The fourth-order valence-electron chi connectivity index (χ4n) is 4.92. The monoisotopic (exact) mass is 435 g/mol. The molecule has 0 spiro atoms. The van der Waals surface area contributed by atoms with Gasteiger partial charge in [0.1, 0.15) is 6.61 Å². The second-order valence-electron chi connectivity index (χ2n) is 9.07. The van der Waals surface area contributed by atoms with E-state index in [0.29, 0.717) is 25.6 Å². The first-order chi connectivity index (χ1) is 15.7. The second kappa shape index (κ2) is 11.3. The van der Waals surface area contributed by atoms with Gasteiger partial charge in [0.2, 0.25) is 5.91 Å². The molecule has 2 atom stereocenters. The van der Waals surface area contributed by atoms with E-state index in [0.717, 1.165) is 30.4 Å². The summed E-state index contributed by atoms with van der Waals surface area (Å²) in [6.07, 6.45) is 6.89. The molecule has 1 saturated heterocycles. The first kappa shape index (κ1) is 22.5. The summed E-state index contributed by atoms with van der Waals surface area (Å²) in [6, 6.07) is 19.7. The third kappa shape index (κ3) is 5.98. The normalized spacial score (nSPS) is 20.2. The van der Waals surface area contributed by atoms with Crippen molar-refractivity contribution in [3.63, 3.8) is 0 Å². The molecule has 0 N–H and O–H groups in total. The zero-order valence-corrected chi connectivity index (χ0v) is 18.7. The van der Waals surface area contributed by atoms with Gasteiger partial charge in [-0.15, -0.1) is 0 Å². The molecule has 2 fully saturated rings. The number of benzene rings is 2. The van der Waals surface area contributed by atoms with Crippen molar-refractivity contribution in [2.45, 2.75) is 57.6 Å². The molecule has 2 aromatic rings. The van der Waals surface area contributed by atoms with Crippen molar-refractivity contribution in [2.75, 3.05) is 13.2 Å². The number of ether oxygens (including phenoxy) is 2. The SMILES string of the molecule is O=C1OCC(Cc2ccccc2)N1C(=O)C(COCc1ccccc1)CC1CCCCC1. The molecule has 2 amide bonds. The molecule has 5 heteroatoms. The van der Waals surface area contributed by atoms with Crippen LogP contribution in [0.5, 0.6) is 0 Å². The van der Waals surface area contributed by atoms with E-state index in [2.05, 4.69) is 0 Å². The minimum Gasteiger partial charge on any atom is -0.447 e. The molecule has 0 radical (unpaired) electrons. The summed E-state index contributed by atoms with van der Waals surface area (Å²) < 4.78 is 11.3. The van der Waals surface area contributed by atoms with Gasteiger partial charge in [0.05, 0.1) is 25.2 Å². The highest BCUT2D eigenvalue weighted by molar-refractivity contribution is 5.95. The summed E-state index contributed by atoms with van der Waals surface area (Å²) in [7, 11) is 0. The van der Waals surface area contributed by atoms with E-state index >= 15 is 0 Å². The topological polar surface area (TPSA) is 55.8 Å². The van der Waals surface area contributed by atoms with Crippen LogP contribution in [0.4, 0.5) is 4.79 Å². The Morgan fingerprint density at radius 2 is 1.62 bits per heavy atom. The van der Waals surface area contributed by atoms with Crippen LogP contribution < -0.4 is 0 Å². The van der Waals surface area contributed by atoms with Crippen LogP contribution in [0.1, 0.15) is 49.7 Å². The summed E-state index contributed by atoms with van der Waals surface area (Å²) in [4.78, 5) is 27.5. The molecule has 5 nitrogen and oxygen atoms in total. The highest BCUT2D eigenvalue weighted by atomic mass is 16.6. The molecule has 2 aliphatic rings. The maximum Gasteiger partial charge on any atom is 0.416 e. The highest BCUT2D eigenvalue weighted by Crippen LogP contribution is 2.31. The zero-order chi connectivity index (χ0) is 22.2. The third-order valence-corrected chi connectivity index (χ3v) is 6.64. The second-order valence-corrected chi connectivity index (χ2v) is 9.07. The maximum atomic E-state index is 13.6. The van der Waals surface area contributed by atoms with Gasteiger partial charge in [0, 0.05) is 0 Å². The maximum absolute atomic E-state index is 13.6. The van der Waals surface area contributed by atoms with Crippen molar-refractivity contribution in [1.29, 1.82) is 0 Å². The zero-order valence-electron chi connectivity index (χ0n) is 18.7. The molecule has 32 heavy (non-hydrogen) atoms. The molecule has 2 aromatic carbocycles. The molecule has 1 saturated carbocycles. The van der Waals surface area contributed by atoms with Crippen LogP contribution in [0, 0.1) is 11.8 Å².